The van der Waals surface area contributed by atoms with Crippen molar-refractivity contribution in [1.82, 2.24) is 35.0 Å². The monoisotopic (exact) mass is 964 g/mol. The molecule has 69 heavy (non-hydrogen) atoms. The zero-order chi connectivity index (χ0) is 48.9. The van der Waals surface area contributed by atoms with E-state index in [1.54, 1.807) is 17.7 Å². The number of thiazole rings is 1. The third-order valence-electron chi connectivity index (χ3n) is 13.8. The summed E-state index contributed by atoms with van der Waals surface area (Å²) in [5.74, 6) is -1.10. The molecule has 1 aliphatic carbocycles. The first-order chi connectivity index (χ1) is 33.3. The van der Waals surface area contributed by atoms with E-state index < -0.39 is 23.5 Å². The minimum absolute atomic E-state index is 0.00450. The van der Waals surface area contributed by atoms with Crippen molar-refractivity contribution in [3.8, 4) is 16.5 Å². The number of nitrogens with one attached hydrogen (secondary N) is 1. The van der Waals surface area contributed by atoms with E-state index in [1.807, 2.05) is 74.5 Å². The van der Waals surface area contributed by atoms with E-state index in [2.05, 4.69) is 37.3 Å². The zero-order valence-electron chi connectivity index (χ0n) is 40.6. The third kappa shape index (κ3) is 14.2. The summed E-state index contributed by atoms with van der Waals surface area (Å²) >= 11 is 1.58. The number of aliphatic hydroxyl groups is 1. The summed E-state index contributed by atoms with van der Waals surface area (Å²) in [6, 6.07) is 15.8. The average Bonchev–Trinajstić information content (AvgIpc) is 3.96. The van der Waals surface area contributed by atoms with Gasteiger partial charge in [0.05, 0.1) is 72.3 Å². The molecule has 2 saturated heterocycles. The molecule has 0 spiro atoms. The number of aromatic nitrogens is 3. The van der Waals surface area contributed by atoms with Gasteiger partial charge in [-0.25, -0.2) is 15.0 Å². The highest BCUT2D eigenvalue weighted by Crippen LogP contribution is 2.35. The molecule has 2 aromatic heterocycles. The Kier molecular flexibility index (Phi) is 18.4. The number of hydrogen-bond donors (Lipinski definition) is 2. The lowest BCUT2D eigenvalue weighted by atomic mass is 9.77. The Morgan fingerprint density at radius 2 is 1.59 bits per heavy atom. The normalized spacial score (nSPS) is 20.5. The summed E-state index contributed by atoms with van der Waals surface area (Å²) in [5.41, 5.74) is 7.11. The number of β-amino-alcohol motifs (C(OH)–C–C–N with tert-alkyl or cyclic N) is 1. The number of aliphatic hydroxyl groups excluding tert-OH is 1. The maximum absolute atomic E-state index is 14.0. The molecule has 7 rings (SSSR count). The van der Waals surface area contributed by atoms with Gasteiger partial charge in [0.15, 0.2) is 5.78 Å². The molecule has 0 radical (unpaired) electrons. The molecule has 17 heteroatoms. The van der Waals surface area contributed by atoms with Gasteiger partial charge in [-0.1, -0.05) is 57.2 Å². The largest absolute Gasteiger partial charge is 0.391 e. The molecule has 3 amide bonds. The third-order valence-corrected chi connectivity index (χ3v) is 14.8. The number of rotatable bonds is 21. The second-order valence-electron chi connectivity index (χ2n) is 19.8. The summed E-state index contributed by atoms with van der Waals surface area (Å²) in [4.78, 5) is 73.8. The number of fused-ring (bicyclic) bond motifs is 1. The second-order valence-corrected chi connectivity index (χ2v) is 20.6. The molecule has 16 nitrogen and oxygen atoms in total. The Labute approximate surface area is 409 Å². The van der Waals surface area contributed by atoms with E-state index in [-0.39, 0.29) is 89.1 Å². The number of piperazine rings is 1. The molecule has 0 bridgehead atoms. The number of hydrogen-bond acceptors (Lipinski definition) is 14. The van der Waals surface area contributed by atoms with Crippen LogP contribution < -0.4 is 5.32 Å². The molecule has 3 fully saturated rings. The van der Waals surface area contributed by atoms with Crippen molar-refractivity contribution >= 4 is 45.7 Å². The molecule has 4 aromatic rings. The Balaban J connectivity index is 0.734. The highest BCUT2D eigenvalue weighted by atomic mass is 32.1. The van der Waals surface area contributed by atoms with Crippen LogP contribution in [0.15, 0.2) is 54.3 Å². The van der Waals surface area contributed by atoms with Gasteiger partial charge in [-0.05, 0) is 73.1 Å². The maximum Gasteiger partial charge on any atom is 0.248 e. The molecule has 2 aromatic carbocycles. The summed E-state index contributed by atoms with van der Waals surface area (Å²) < 4.78 is 16.9. The van der Waals surface area contributed by atoms with Crippen LogP contribution in [0.1, 0.15) is 81.8 Å². The number of benzene rings is 2. The molecular weight excluding hydrogens is 897 g/mol. The van der Waals surface area contributed by atoms with Crippen LogP contribution in [0.3, 0.4) is 0 Å². The molecule has 1 saturated carbocycles. The highest BCUT2D eigenvalue weighted by Gasteiger charge is 2.44. The topological polar surface area (TPSA) is 200 Å². The molecular formula is C52H68N8O8S. The SMILES string of the molecule is Cc1ncsc1-c1ccc(CNC(=O)[C@@H]2C[C@@H](O)CN2C(=O)[C@@H](CC(=O)COCCOCCOCC(=O)N2CCN(C3CCC(Cc4ncnc5cc(CC#N)ccc45)CC3)CC2)C(C)(C)C)cc1. The van der Waals surface area contributed by atoms with Gasteiger partial charge in [0.1, 0.15) is 25.6 Å². The summed E-state index contributed by atoms with van der Waals surface area (Å²) in [5, 5.41) is 23.7. The molecule has 3 atom stereocenters. The number of carbonyl (C=O) groups is 4. The van der Waals surface area contributed by atoms with Crippen molar-refractivity contribution in [2.75, 3.05) is 72.4 Å². The van der Waals surface area contributed by atoms with E-state index in [0.29, 0.717) is 31.5 Å². The van der Waals surface area contributed by atoms with Crippen LogP contribution >= 0.6 is 11.3 Å². The van der Waals surface area contributed by atoms with E-state index in [0.717, 1.165) is 89.1 Å². The van der Waals surface area contributed by atoms with Crippen molar-refractivity contribution < 1.29 is 38.5 Å². The van der Waals surface area contributed by atoms with E-state index in [9.17, 15) is 24.3 Å². The molecule has 3 aliphatic rings. The van der Waals surface area contributed by atoms with E-state index in [1.165, 1.54) is 4.90 Å². The van der Waals surface area contributed by atoms with E-state index >= 15 is 0 Å². The van der Waals surface area contributed by atoms with Gasteiger partial charge in [-0.15, -0.1) is 11.3 Å². The van der Waals surface area contributed by atoms with Crippen molar-refractivity contribution in [3.05, 3.63) is 76.8 Å². The smallest absolute Gasteiger partial charge is 0.248 e. The van der Waals surface area contributed by atoms with Crippen molar-refractivity contribution in [3.63, 3.8) is 0 Å². The molecule has 370 valence electrons. The van der Waals surface area contributed by atoms with Gasteiger partial charge in [0.2, 0.25) is 17.7 Å². The standard InChI is InChI=1S/C52H68N8O8S/c1-35-49(69-34-57-35)39-10-5-38(6-11-39)29-54-50(64)47-28-41(61)30-60(47)51(65)44(52(2,3)4)27-42(62)31-67-23-21-66-22-24-68-32-48(63)59-19-17-58(18-20-59)40-12-7-36(8-13-40)25-45-43-14-9-37(15-16-53)26-46(43)56-33-55-45/h5-6,9-11,14,26,33-34,36,40-41,44,47,61H,7-8,12-13,15,17-25,27-32H2,1-4H3,(H,54,64)/t36?,40?,41-,44-,47+/m1/s1. The number of ketones is 1. The highest BCUT2D eigenvalue weighted by molar-refractivity contribution is 7.13. The van der Waals surface area contributed by atoms with Crippen molar-refractivity contribution in [2.24, 2.45) is 17.3 Å². The Morgan fingerprint density at radius 1 is 0.899 bits per heavy atom. The maximum atomic E-state index is 14.0. The van der Waals surface area contributed by atoms with Crippen molar-refractivity contribution in [2.45, 2.75) is 104 Å². The predicted octanol–water partition coefficient (Wildman–Crippen LogP) is 5.32. The fourth-order valence-corrected chi connectivity index (χ4v) is 10.6. The van der Waals surface area contributed by atoms with Gasteiger partial charge in [-0.3, -0.25) is 24.1 Å². The first-order valence-electron chi connectivity index (χ1n) is 24.4. The van der Waals surface area contributed by atoms with E-state index in [4.69, 9.17) is 19.5 Å². The first-order valence-corrected chi connectivity index (χ1v) is 25.3. The quantitative estimate of drug-likeness (QED) is 0.102. The minimum Gasteiger partial charge on any atom is -0.391 e. The number of nitriles is 1. The number of carbonyl (C=O) groups excluding carboxylic acids is 4. The molecule has 2 N–H and O–H groups in total. The number of amides is 3. The van der Waals surface area contributed by atoms with Gasteiger partial charge < -0.3 is 34.4 Å². The summed E-state index contributed by atoms with van der Waals surface area (Å²) in [6.45, 7) is 11.7. The van der Waals surface area contributed by atoms with Crippen LogP contribution in [0, 0.1) is 35.5 Å². The van der Waals surface area contributed by atoms with Crippen LogP contribution in [0.2, 0.25) is 0 Å². The van der Waals surface area contributed by atoms with Gasteiger partial charge in [0.25, 0.3) is 0 Å². The Morgan fingerprint density at radius 3 is 2.28 bits per heavy atom. The van der Waals surface area contributed by atoms with Crippen LogP contribution in [0.25, 0.3) is 21.3 Å². The molecule has 4 heterocycles. The average molecular weight is 965 g/mol. The molecule has 0 unspecified atom stereocenters. The fraction of sp³-hybridized carbons (Fsp3) is 0.577. The van der Waals surface area contributed by atoms with Crippen LogP contribution in [0.4, 0.5) is 0 Å². The molecule has 2 aliphatic heterocycles. The number of ether oxygens (including phenoxy) is 3. The number of likely N-dealkylation sites (tertiary alicyclic amines) is 1. The summed E-state index contributed by atoms with van der Waals surface area (Å²) in [7, 11) is 0. The predicted molar refractivity (Wildman–Crippen MR) is 262 cm³/mol. The summed E-state index contributed by atoms with van der Waals surface area (Å²) in [6.07, 6.45) is 6.72. The van der Waals surface area contributed by atoms with Crippen LogP contribution in [-0.4, -0.2) is 149 Å². The second kappa shape index (κ2) is 24.6. The lowest BCUT2D eigenvalue weighted by molar-refractivity contribution is -0.147. The minimum atomic E-state index is -0.849. The van der Waals surface area contributed by atoms with Crippen LogP contribution in [0.5, 0.6) is 0 Å². The lowest BCUT2D eigenvalue weighted by Gasteiger charge is -2.42. The van der Waals surface area contributed by atoms with Gasteiger partial charge in [0, 0.05) is 69.5 Å². The van der Waals surface area contributed by atoms with Crippen LogP contribution in [-0.2, 0) is 52.8 Å². The van der Waals surface area contributed by atoms with Gasteiger partial charge >= 0.3 is 0 Å². The Hall–Kier alpha value is -5.22. The number of Topliss-reactive ketones (excluding diaryl/α,β-unsaturated/α-hetero) is 1. The lowest BCUT2D eigenvalue weighted by Crippen LogP contribution is -2.53. The number of nitrogens with zero attached hydrogens (tertiary/aromatic N) is 7. The number of aryl methyl sites for hydroxylation is 1. The van der Waals surface area contributed by atoms with Crippen molar-refractivity contribution in [1.29, 1.82) is 5.26 Å². The zero-order valence-corrected chi connectivity index (χ0v) is 41.4. The first kappa shape index (κ1) is 51.6. The fourth-order valence-electron chi connectivity index (χ4n) is 9.84. The Bertz CT molecular complexity index is 2400. The van der Waals surface area contributed by atoms with Gasteiger partial charge in [-0.2, -0.15) is 5.26 Å².